The van der Waals surface area contributed by atoms with E-state index >= 15 is 0 Å². The monoisotopic (exact) mass is 342 g/mol. The average Bonchev–Trinajstić information content (AvgIpc) is 2.47. The highest BCUT2D eigenvalue weighted by Crippen LogP contribution is 2.39. The standard InChI is InChI=1S/C14H19BrN2O3/c1-19-13-10(8-17-5-3-16-4-6-17)7-12(15)11(9-18)14(13)20-2/h7,9,16H,3-6,8H2,1-2H3. The molecule has 1 aliphatic rings. The van der Waals surface area contributed by atoms with Crippen molar-refractivity contribution in [2.45, 2.75) is 6.54 Å². The number of benzene rings is 1. The van der Waals surface area contributed by atoms with Gasteiger partial charge in [0.05, 0.1) is 19.8 Å². The van der Waals surface area contributed by atoms with Crippen LogP contribution in [0, 0.1) is 0 Å². The zero-order chi connectivity index (χ0) is 14.5. The topological polar surface area (TPSA) is 50.8 Å². The number of halogens is 1. The van der Waals surface area contributed by atoms with Gasteiger partial charge in [-0.3, -0.25) is 9.69 Å². The fraction of sp³-hybridized carbons (Fsp3) is 0.500. The van der Waals surface area contributed by atoms with Crippen molar-refractivity contribution in [3.8, 4) is 11.5 Å². The Morgan fingerprint density at radius 2 is 1.95 bits per heavy atom. The molecule has 0 radical (unpaired) electrons. The maximum absolute atomic E-state index is 11.2. The van der Waals surface area contributed by atoms with Crippen LogP contribution in [0.15, 0.2) is 10.5 Å². The molecular formula is C14H19BrN2O3. The molecule has 1 aromatic rings. The summed E-state index contributed by atoms with van der Waals surface area (Å²) in [4.78, 5) is 13.5. The van der Waals surface area contributed by atoms with E-state index in [0.717, 1.165) is 49.0 Å². The van der Waals surface area contributed by atoms with Crippen LogP contribution >= 0.6 is 15.9 Å². The van der Waals surface area contributed by atoms with Gasteiger partial charge in [0, 0.05) is 42.8 Å². The highest BCUT2D eigenvalue weighted by atomic mass is 79.9. The summed E-state index contributed by atoms with van der Waals surface area (Å²) in [5.41, 5.74) is 1.50. The van der Waals surface area contributed by atoms with E-state index in [4.69, 9.17) is 9.47 Å². The number of hydrogen-bond acceptors (Lipinski definition) is 5. The minimum Gasteiger partial charge on any atom is -0.492 e. The first kappa shape index (κ1) is 15.3. The van der Waals surface area contributed by atoms with Gasteiger partial charge in [-0.25, -0.2) is 0 Å². The second kappa shape index (κ2) is 7.06. The molecule has 6 heteroatoms. The van der Waals surface area contributed by atoms with Crippen LogP contribution in [0.3, 0.4) is 0 Å². The van der Waals surface area contributed by atoms with Crippen molar-refractivity contribution < 1.29 is 14.3 Å². The first-order chi connectivity index (χ1) is 9.71. The van der Waals surface area contributed by atoms with Crippen LogP contribution in [0.25, 0.3) is 0 Å². The molecule has 1 heterocycles. The molecule has 0 aromatic heterocycles. The number of aldehydes is 1. The van der Waals surface area contributed by atoms with Crippen LogP contribution < -0.4 is 14.8 Å². The molecule has 20 heavy (non-hydrogen) atoms. The molecule has 5 nitrogen and oxygen atoms in total. The molecule has 0 amide bonds. The van der Waals surface area contributed by atoms with Crippen LogP contribution in [-0.4, -0.2) is 51.6 Å². The predicted molar refractivity (Wildman–Crippen MR) is 80.8 cm³/mol. The van der Waals surface area contributed by atoms with Crippen molar-refractivity contribution in [2.75, 3.05) is 40.4 Å². The molecule has 1 N–H and O–H groups in total. The third-order valence-corrected chi connectivity index (χ3v) is 4.09. The Morgan fingerprint density at radius 1 is 1.30 bits per heavy atom. The summed E-state index contributed by atoms with van der Waals surface area (Å²) in [5, 5.41) is 3.33. The number of rotatable bonds is 5. The SMILES string of the molecule is COc1c(CN2CCNCC2)cc(Br)c(C=O)c1OC. The van der Waals surface area contributed by atoms with Crippen LogP contribution in [0.4, 0.5) is 0 Å². The predicted octanol–water partition coefficient (Wildman–Crippen LogP) is 1.68. The minimum absolute atomic E-state index is 0.480. The van der Waals surface area contributed by atoms with E-state index in [1.165, 1.54) is 0 Å². The van der Waals surface area contributed by atoms with Crippen LogP contribution in [0.5, 0.6) is 11.5 Å². The Bertz CT molecular complexity index is 488. The van der Waals surface area contributed by atoms with Crippen molar-refractivity contribution in [3.63, 3.8) is 0 Å². The number of piperazine rings is 1. The van der Waals surface area contributed by atoms with Gasteiger partial charge in [0.1, 0.15) is 0 Å². The summed E-state index contributed by atoms with van der Waals surface area (Å²) in [5.74, 6) is 1.12. The molecule has 0 bridgehead atoms. The van der Waals surface area contributed by atoms with Crippen molar-refractivity contribution in [1.29, 1.82) is 0 Å². The average molecular weight is 343 g/mol. The Balaban J connectivity index is 2.36. The fourth-order valence-electron chi connectivity index (χ4n) is 2.44. The number of nitrogens with one attached hydrogen (secondary N) is 1. The molecule has 110 valence electrons. The van der Waals surface area contributed by atoms with Gasteiger partial charge < -0.3 is 14.8 Å². The second-order valence-electron chi connectivity index (χ2n) is 4.64. The number of hydrogen-bond donors (Lipinski definition) is 1. The number of carbonyl (C=O) groups excluding carboxylic acids is 1. The van der Waals surface area contributed by atoms with E-state index in [9.17, 15) is 4.79 Å². The maximum atomic E-state index is 11.2. The van der Waals surface area contributed by atoms with Crippen molar-refractivity contribution in [1.82, 2.24) is 10.2 Å². The quantitative estimate of drug-likeness (QED) is 0.825. The summed E-state index contributed by atoms with van der Waals surface area (Å²) >= 11 is 3.43. The van der Waals surface area contributed by atoms with E-state index in [0.29, 0.717) is 17.1 Å². The zero-order valence-corrected chi connectivity index (χ0v) is 13.3. The Labute approximate surface area is 127 Å². The highest BCUT2D eigenvalue weighted by molar-refractivity contribution is 9.10. The third-order valence-electron chi connectivity index (χ3n) is 3.43. The van der Waals surface area contributed by atoms with Crippen LogP contribution in [0.2, 0.25) is 0 Å². The van der Waals surface area contributed by atoms with Gasteiger partial charge in [-0.15, -0.1) is 0 Å². The summed E-state index contributed by atoms with van der Waals surface area (Å²) < 4.78 is 11.5. The lowest BCUT2D eigenvalue weighted by Crippen LogP contribution is -2.42. The van der Waals surface area contributed by atoms with Crippen molar-refractivity contribution in [2.24, 2.45) is 0 Å². The molecule has 2 rings (SSSR count). The van der Waals surface area contributed by atoms with Crippen LogP contribution in [0.1, 0.15) is 15.9 Å². The van der Waals surface area contributed by atoms with E-state index in [1.807, 2.05) is 6.07 Å². The van der Waals surface area contributed by atoms with Gasteiger partial charge >= 0.3 is 0 Å². The maximum Gasteiger partial charge on any atom is 0.172 e. The third kappa shape index (κ3) is 3.13. The van der Waals surface area contributed by atoms with E-state index in [-0.39, 0.29) is 0 Å². The molecule has 1 aliphatic heterocycles. The normalized spacial score (nSPS) is 15.9. The molecule has 0 unspecified atom stereocenters. The first-order valence-electron chi connectivity index (χ1n) is 6.52. The molecule has 1 saturated heterocycles. The van der Waals surface area contributed by atoms with Gasteiger partial charge in [-0.2, -0.15) is 0 Å². The molecule has 0 aliphatic carbocycles. The van der Waals surface area contributed by atoms with Crippen molar-refractivity contribution in [3.05, 3.63) is 21.7 Å². The summed E-state index contributed by atoms with van der Waals surface area (Å²) in [6, 6.07) is 1.94. The minimum atomic E-state index is 0.480. The summed E-state index contributed by atoms with van der Waals surface area (Å²) in [6.45, 7) is 4.76. The van der Waals surface area contributed by atoms with Gasteiger partial charge in [0.15, 0.2) is 17.8 Å². The largest absolute Gasteiger partial charge is 0.492 e. The van der Waals surface area contributed by atoms with E-state index in [1.54, 1.807) is 14.2 Å². The van der Waals surface area contributed by atoms with Gasteiger partial charge in [0.25, 0.3) is 0 Å². The molecule has 0 spiro atoms. The molecule has 0 saturated carbocycles. The van der Waals surface area contributed by atoms with E-state index in [2.05, 4.69) is 26.1 Å². The van der Waals surface area contributed by atoms with Gasteiger partial charge in [-0.05, 0) is 22.0 Å². The molecule has 1 aromatic carbocycles. The molecular weight excluding hydrogens is 324 g/mol. The molecule has 0 atom stereocenters. The van der Waals surface area contributed by atoms with Gasteiger partial charge in [0.2, 0.25) is 0 Å². The Hall–Kier alpha value is -1.11. The number of carbonyl (C=O) groups is 1. The number of ether oxygens (including phenoxy) is 2. The van der Waals surface area contributed by atoms with Crippen LogP contribution in [-0.2, 0) is 6.54 Å². The lowest BCUT2D eigenvalue weighted by molar-refractivity contribution is 0.111. The smallest absolute Gasteiger partial charge is 0.172 e. The second-order valence-corrected chi connectivity index (χ2v) is 5.50. The van der Waals surface area contributed by atoms with Crippen molar-refractivity contribution >= 4 is 22.2 Å². The number of nitrogens with zero attached hydrogens (tertiary/aromatic N) is 1. The lowest BCUT2D eigenvalue weighted by atomic mass is 10.1. The Kier molecular flexibility index (Phi) is 5.39. The summed E-state index contributed by atoms with van der Waals surface area (Å²) in [7, 11) is 3.15. The first-order valence-corrected chi connectivity index (χ1v) is 7.32. The zero-order valence-electron chi connectivity index (χ0n) is 11.7. The highest BCUT2D eigenvalue weighted by Gasteiger charge is 2.20. The number of methoxy groups -OCH3 is 2. The Morgan fingerprint density at radius 3 is 2.50 bits per heavy atom. The lowest BCUT2D eigenvalue weighted by Gasteiger charge is -2.28. The van der Waals surface area contributed by atoms with E-state index < -0.39 is 0 Å². The summed E-state index contributed by atoms with van der Waals surface area (Å²) in [6.07, 6.45) is 0.778. The molecule has 1 fully saturated rings. The fourth-order valence-corrected chi connectivity index (χ4v) is 2.99. The van der Waals surface area contributed by atoms with Gasteiger partial charge in [-0.1, -0.05) is 0 Å².